The molecule has 1 aromatic carbocycles. The molecule has 2 fully saturated rings. The first kappa shape index (κ1) is 14.0. The molecule has 2 N–H and O–H groups in total. The van der Waals surface area contributed by atoms with Crippen molar-refractivity contribution in [3.8, 4) is 0 Å². The number of fused-ring (bicyclic) bond motifs is 1. The Labute approximate surface area is 131 Å². The lowest BCUT2D eigenvalue weighted by molar-refractivity contribution is 0.0966. The van der Waals surface area contributed by atoms with Crippen molar-refractivity contribution >= 4 is 11.6 Å². The highest BCUT2D eigenvalue weighted by molar-refractivity contribution is 5.98. The third-order valence-corrected chi connectivity index (χ3v) is 5.28. The molecule has 5 nitrogen and oxygen atoms in total. The maximum Gasteiger partial charge on any atom is 0.251 e. The number of piperidine rings is 1. The molecule has 0 saturated carbocycles. The summed E-state index contributed by atoms with van der Waals surface area (Å²) < 4.78 is 0. The maximum absolute atomic E-state index is 11.6. The predicted octanol–water partition coefficient (Wildman–Crippen LogP) is 0.804. The Morgan fingerprint density at radius 1 is 1.05 bits per heavy atom. The van der Waals surface area contributed by atoms with Gasteiger partial charge in [-0.05, 0) is 49.7 Å². The van der Waals surface area contributed by atoms with Crippen LogP contribution in [0.3, 0.4) is 0 Å². The highest BCUT2D eigenvalue weighted by atomic mass is 16.1. The van der Waals surface area contributed by atoms with Gasteiger partial charge in [0, 0.05) is 50.0 Å². The SMILES string of the molecule is O=C1NCc2cc(N3CCN(C4CCNCC4)CC3)ccc21. The molecular formula is C17H24N4O. The molecule has 4 rings (SSSR count). The van der Waals surface area contributed by atoms with Gasteiger partial charge in [-0.2, -0.15) is 0 Å². The Morgan fingerprint density at radius 2 is 1.82 bits per heavy atom. The molecule has 0 atom stereocenters. The zero-order chi connectivity index (χ0) is 14.9. The number of nitrogens with zero attached hydrogens (tertiary/aromatic N) is 2. The fourth-order valence-electron chi connectivity index (χ4n) is 3.93. The van der Waals surface area contributed by atoms with Crippen molar-refractivity contribution in [2.45, 2.75) is 25.4 Å². The number of piperazine rings is 1. The number of carbonyl (C=O) groups is 1. The summed E-state index contributed by atoms with van der Waals surface area (Å²) in [5.41, 5.74) is 3.25. The van der Waals surface area contributed by atoms with E-state index in [0.29, 0.717) is 6.54 Å². The second-order valence-electron chi connectivity index (χ2n) is 6.53. The lowest BCUT2D eigenvalue weighted by Gasteiger charge is -2.41. The molecule has 118 valence electrons. The van der Waals surface area contributed by atoms with Crippen molar-refractivity contribution in [1.82, 2.24) is 15.5 Å². The first-order chi connectivity index (χ1) is 10.8. The molecular weight excluding hydrogens is 276 g/mol. The molecule has 3 aliphatic heterocycles. The molecule has 5 heteroatoms. The van der Waals surface area contributed by atoms with Gasteiger partial charge >= 0.3 is 0 Å². The third-order valence-electron chi connectivity index (χ3n) is 5.28. The molecule has 0 unspecified atom stereocenters. The molecule has 0 spiro atoms. The topological polar surface area (TPSA) is 47.6 Å². The van der Waals surface area contributed by atoms with Crippen LogP contribution in [0.1, 0.15) is 28.8 Å². The smallest absolute Gasteiger partial charge is 0.251 e. The van der Waals surface area contributed by atoms with Crippen LogP contribution in [0.25, 0.3) is 0 Å². The molecule has 3 heterocycles. The summed E-state index contributed by atoms with van der Waals surface area (Å²) in [5.74, 6) is 0.0669. The van der Waals surface area contributed by atoms with E-state index in [0.717, 1.165) is 56.4 Å². The van der Waals surface area contributed by atoms with Gasteiger partial charge in [0.1, 0.15) is 0 Å². The van der Waals surface area contributed by atoms with Gasteiger partial charge in [-0.3, -0.25) is 9.69 Å². The summed E-state index contributed by atoms with van der Waals surface area (Å²) in [6.07, 6.45) is 2.57. The Bertz CT molecular complexity index is 560. The predicted molar refractivity (Wildman–Crippen MR) is 87.3 cm³/mol. The minimum absolute atomic E-state index is 0.0669. The van der Waals surface area contributed by atoms with Crippen LogP contribution in [0.5, 0.6) is 0 Å². The van der Waals surface area contributed by atoms with Crippen LogP contribution in [-0.2, 0) is 6.54 Å². The van der Waals surface area contributed by atoms with Gasteiger partial charge < -0.3 is 15.5 Å². The number of hydrogen-bond donors (Lipinski definition) is 2. The van der Waals surface area contributed by atoms with Crippen LogP contribution in [0, 0.1) is 0 Å². The van der Waals surface area contributed by atoms with E-state index in [1.807, 2.05) is 6.07 Å². The lowest BCUT2D eigenvalue weighted by atomic mass is 10.0. The summed E-state index contributed by atoms with van der Waals surface area (Å²) in [6.45, 7) is 7.48. The first-order valence-electron chi connectivity index (χ1n) is 8.42. The number of carbonyl (C=O) groups excluding carboxylic acids is 1. The fourth-order valence-corrected chi connectivity index (χ4v) is 3.93. The van der Waals surface area contributed by atoms with E-state index in [1.54, 1.807) is 0 Å². The van der Waals surface area contributed by atoms with Gasteiger partial charge in [-0.1, -0.05) is 0 Å². The number of benzene rings is 1. The van der Waals surface area contributed by atoms with Crippen molar-refractivity contribution in [3.05, 3.63) is 29.3 Å². The number of amides is 1. The molecule has 3 aliphatic rings. The number of anilines is 1. The Hall–Kier alpha value is -1.59. The maximum atomic E-state index is 11.6. The second-order valence-corrected chi connectivity index (χ2v) is 6.53. The average molecular weight is 300 g/mol. The summed E-state index contributed by atoms with van der Waals surface area (Å²) in [7, 11) is 0. The Balaban J connectivity index is 1.40. The highest BCUT2D eigenvalue weighted by Crippen LogP contribution is 2.25. The summed E-state index contributed by atoms with van der Waals surface area (Å²) in [4.78, 5) is 16.8. The fraction of sp³-hybridized carbons (Fsp3) is 0.588. The van der Waals surface area contributed by atoms with E-state index < -0.39 is 0 Å². The van der Waals surface area contributed by atoms with Crippen LogP contribution in [0.15, 0.2) is 18.2 Å². The van der Waals surface area contributed by atoms with Gasteiger partial charge in [0.15, 0.2) is 0 Å². The summed E-state index contributed by atoms with van der Waals surface area (Å²) in [6, 6.07) is 7.04. The standard InChI is InChI=1S/C17H24N4O/c22-17-16-2-1-15(11-13(16)12-19-17)21-9-7-20(8-10-21)14-3-5-18-6-4-14/h1-2,11,14,18H,3-10,12H2,(H,19,22). The Kier molecular flexibility index (Phi) is 3.76. The van der Waals surface area contributed by atoms with Crippen LogP contribution >= 0.6 is 0 Å². The number of hydrogen-bond acceptors (Lipinski definition) is 4. The number of rotatable bonds is 2. The first-order valence-corrected chi connectivity index (χ1v) is 8.42. The van der Waals surface area contributed by atoms with Crippen LogP contribution in [-0.4, -0.2) is 56.1 Å². The van der Waals surface area contributed by atoms with E-state index >= 15 is 0 Å². The monoisotopic (exact) mass is 300 g/mol. The van der Waals surface area contributed by atoms with Gasteiger partial charge in [0.25, 0.3) is 5.91 Å². The molecule has 0 radical (unpaired) electrons. The lowest BCUT2D eigenvalue weighted by Crippen LogP contribution is -2.52. The van der Waals surface area contributed by atoms with Crippen LogP contribution in [0.4, 0.5) is 5.69 Å². The largest absolute Gasteiger partial charge is 0.369 e. The summed E-state index contributed by atoms with van der Waals surface area (Å²) >= 11 is 0. The highest BCUT2D eigenvalue weighted by Gasteiger charge is 2.26. The summed E-state index contributed by atoms with van der Waals surface area (Å²) in [5, 5.41) is 6.34. The van der Waals surface area contributed by atoms with E-state index in [2.05, 4.69) is 32.6 Å². The Morgan fingerprint density at radius 3 is 2.59 bits per heavy atom. The van der Waals surface area contributed by atoms with Gasteiger partial charge in [-0.15, -0.1) is 0 Å². The van der Waals surface area contributed by atoms with Gasteiger partial charge in [-0.25, -0.2) is 0 Å². The van der Waals surface area contributed by atoms with E-state index in [1.165, 1.54) is 18.5 Å². The van der Waals surface area contributed by atoms with Gasteiger partial charge in [0.2, 0.25) is 0 Å². The second kappa shape index (κ2) is 5.89. The minimum atomic E-state index is 0.0669. The molecule has 22 heavy (non-hydrogen) atoms. The molecule has 0 bridgehead atoms. The molecule has 2 saturated heterocycles. The normalized spacial score (nSPS) is 23.5. The third kappa shape index (κ3) is 2.59. The van der Waals surface area contributed by atoms with Crippen molar-refractivity contribution in [1.29, 1.82) is 0 Å². The van der Waals surface area contributed by atoms with Crippen LogP contribution in [0.2, 0.25) is 0 Å². The number of nitrogens with one attached hydrogen (secondary N) is 2. The molecule has 1 aromatic rings. The molecule has 0 aliphatic carbocycles. The van der Waals surface area contributed by atoms with Crippen LogP contribution < -0.4 is 15.5 Å². The van der Waals surface area contributed by atoms with Crippen molar-refractivity contribution in [2.24, 2.45) is 0 Å². The average Bonchev–Trinajstić information content (AvgIpc) is 2.96. The van der Waals surface area contributed by atoms with E-state index in [-0.39, 0.29) is 5.91 Å². The van der Waals surface area contributed by atoms with E-state index in [4.69, 9.17) is 0 Å². The molecule has 0 aromatic heterocycles. The van der Waals surface area contributed by atoms with Crippen molar-refractivity contribution in [3.63, 3.8) is 0 Å². The quantitative estimate of drug-likeness (QED) is 0.848. The molecule has 1 amide bonds. The van der Waals surface area contributed by atoms with Gasteiger partial charge in [0.05, 0.1) is 0 Å². The van der Waals surface area contributed by atoms with E-state index in [9.17, 15) is 4.79 Å². The van der Waals surface area contributed by atoms with Crippen molar-refractivity contribution < 1.29 is 4.79 Å². The van der Waals surface area contributed by atoms with Crippen molar-refractivity contribution in [2.75, 3.05) is 44.2 Å². The zero-order valence-corrected chi connectivity index (χ0v) is 13.0. The zero-order valence-electron chi connectivity index (χ0n) is 13.0. The minimum Gasteiger partial charge on any atom is -0.369 e.